The van der Waals surface area contributed by atoms with Gasteiger partial charge in [-0.3, -0.25) is 14.5 Å². The number of nitrogens with zero attached hydrogens (tertiary/aromatic N) is 1. The van der Waals surface area contributed by atoms with Crippen LogP contribution in [0.3, 0.4) is 0 Å². The van der Waals surface area contributed by atoms with Crippen molar-refractivity contribution >= 4 is 11.8 Å². The first-order chi connectivity index (χ1) is 9.63. The number of hydrogen-bond acceptors (Lipinski definition) is 4. The van der Waals surface area contributed by atoms with E-state index in [9.17, 15) is 9.59 Å². The topological polar surface area (TPSA) is 87.5 Å². The van der Waals surface area contributed by atoms with Gasteiger partial charge in [0.05, 0.1) is 6.54 Å². The Kier molecular flexibility index (Phi) is 5.79. The maximum Gasteiger partial charge on any atom is 0.231 e. The maximum absolute atomic E-state index is 12.0. The molecule has 2 rings (SSSR count). The van der Waals surface area contributed by atoms with Crippen LogP contribution >= 0.6 is 0 Å². The van der Waals surface area contributed by atoms with Gasteiger partial charge in [-0.05, 0) is 44.7 Å². The SMILES string of the molecule is NC(=O)CN1CCC(NC(=O)CC2CCCNC2)CC1. The third kappa shape index (κ3) is 5.09. The number of piperidine rings is 2. The number of amides is 2. The minimum absolute atomic E-state index is 0.173. The number of hydrogen-bond donors (Lipinski definition) is 3. The molecular weight excluding hydrogens is 256 g/mol. The Hall–Kier alpha value is -1.14. The van der Waals surface area contributed by atoms with Crippen molar-refractivity contribution in [1.29, 1.82) is 0 Å². The molecule has 1 atom stereocenters. The molecule has 2 saturated heterocycles. The third-order valence-corrected chi connectivity index (χ3v) is 4.21. The van der Waals surface area contributed by atoms with E-state index in [1.54, 1.807) is 0 Å². The largest absolute Gasteiger partial charge is 0.369 e. The molecule has 0 aromatic carbocycles. The Bertz CT molecular complexity index is 334. The van der Waals surface area contributed by atoms with Crippen molar-refractivity contribution in [3.05, 3.63) is 0 Å². The van der Waals surface area contributed by atoms with Gasteiger partial charge in [0.15, 0.2) is 0 Å². The summed E-state index contributed by atoms with van der Waals surface area (Å²) in [4.78, 5) is 24.9. The van der Waals surface area contributed by atoms with Crippen molar-refractivity contribution in [1.82, 2.24) is 15.5 Å². The first-order valence-electron chi connectivity index (χ1n) is 7.64. The number of carbonyl (C=O) groups excluding carboxylic acids is 2. The van der Waals surface area contributed by atoms with Crippen LogP contribution in [0.1, 0.15) is 32.1 Å². The number of nitrogens with two attached hydrogens (primary N) is 1. The highest BCUT2D eigenvalue weighted by atomic mass is 16.2. The Morgan fingerprint density at radius 2 is 2.00 bits per heavy atom. The summed E-state index contributed by atoms with van der Waals surface area (Å²) in [5.74, 6) is 0.378. The summed E-state index contributed by atoms with van der Waals surface area (Å²) < 4.78 is 0. The van der Waals surface area contributed by atoms with E-state index in [0.29, 0.717) is 18.9 Å². The van der Waals surface area contributed by atoms with Crippen molar-refractivity contribution in [2.24, 2.45) is 11.7 Å². The predicted octanol–water partition coefficient (Wildman–Crippen LogP) is -0.558. The highest BCUT2D eigenvalue weighted by Gasteiger charge is 2.23. The fraction of sp³-hybridized carbons (Fsp3) is 0.857. The van der Waals surface area contributed by atoms with Crippen molar-refractivity contribution in [2.45, 2.75) is 38.1 Å². The van der Waals surface area contributed by atoms with E-state index < -0.39 is 0 Å². The zero-order chi connectivity index (χ0) is 14.4. The molecule has 20 heavy (non-hydrogen) atoms. The minimum Gasteiger partial charge on any atom is -0.369 e. The molecule has 0 aliphatic carbocycles. The van der Waals surface area contributed by atoms with Crippen molar-refractivity contribution in [2.75, 3.05) is 32.7 Å². The van der Waals surface area contributed by atoms with E-state index >= 15 is 0 Å². The Balaban J connectivity index is 1.64. The van der Waals surface area contributed by atoms with Crippen molar-refractivity contribution in [3.63, 3.8) is 0 Å². The van der Waals surface area contributed by atoms with Gasteiger partial charge >= 0.3 is 0 Å². The van der Waals surface area contributed by atoms with Gasteiger partial charge in [0.1, 0.15) is 0 Å². The second-order valence-electron chi connectivity index (χ2n) is 6.00. The molecule has 6 heteroatoms. The van der Waals surface area contributed by atoms with E-state index in [0.717, 1.165) is 45.4 Å². The molecule has 2 aliphatic rings. The lowest BCUT2D eigenvalue weighted by atomic mass is 9.95. The quantitative estimate of drug-likeness (QED) is 0.631. The molecule has 6 nitrogen and oxygen atoms in total. The molecule has 1 unspecified atom stereocenters. The van der Waals surface area contributed by atoms with Crippen molar-refractivity contribution < 1.29 is 9.59 Å². The van der Waals surface area contributed by atoms with E-state index in [1.807, 2.05) is 0 Å². The summed E-state index contributed by atoms with van der Waals surface area (Å²) >= 11 is 0. The second kappa shape index (κ2) is 7.59. The van der Waals surface area contributed by atoms with Crippen LogP contribution in [-0.4, -0.2) is 55.5 Å². The average molecular weight is 282 g/mol. The lowest BCUT2D eigenvalue weighted by molar-refractivity contribution is -0.124. The lowest BCUT2D eigenvalue weighted by Gasteiger charge is -2.32. The molecule has 2 fully saturated rings. The highest BCUT2D eigenvalue weighted by molar-refractivity contribution is 5.76. The van der Waals surface area contributed by atoms with Crippen LogP contribution in [0.15, 0.2) is 0 Å². The first kappa shape index (κ1) is 15.3. The normalized spacial score (nSPS) is 25.3. The van der Waals surface area contributed by atoms with Gasteiger partial charge in [0.2, 0.25) is 11.8 Å². The summed E-state index contributed by atoms with van der Waals surface area (Å²) in [5.41, 5.74) is 5.19. The molecule has 0 aromatic rings. The van der Waals surface area contributed by atoms with Gasteiger partial charge in [-0.15, -0.1) is 0 Å². The average Bonchev–Trinajstić information content (AvgIpc) is 2.41. The van der Waals surface area contributed by atoms with Gasteiger partial charge in [0.25, 0.3) is 0 Å². The highest BCUT2D eigenvalue weighted by Crippen LogP contribution is 2.15. The van der Waals surface area contributed by atoms with Crippen LogP contribution in [0.2, 0.25) is 0 Å². The zero-order valence-electron chi connectivity index (χ0n) is 12.1. The minimum atomic E-state index is -0.280. The van der Waals surface area contributed by atoms with E-state index in [2.05, 4.69) is 15.5 Å². The molecule has 0 radical (unpaired) electrons. The van der Waals surface area contributed by atoms with Gasteiger partial charge in [-0.25, -0.2) is 0 Å². The smallest absolute Gasteiger partial charge is 0.231 e. The third-order valence-electron chi connectivity index (χ3n) is 4.21. The number of carbonyl (C=O) groups is 2. The molecular formula is C14H26N4O2. The van der Waals surface area contributed by atoms with Gasteiger partial charge < -0.3 is 16.4 Å². The number of nitrogens with one attached hydrogen (secondary N) is 2. The van der Waals surface area contributed by atoms with E-state index in [-0.39, 0.29) is 17.9 Å². The van der Waals surface area contributed by atoms with Crippen LogP contribution in [0, 0.1) is 5.92 Å². The summed E-state index contributed by atoms with van der Waals surface area (Å²) in [6.07, 6.45) is 4.76. The van der Waals surface area contributed by atoms with Gasteiger partial charge in [0, 0.05) is 25.6 Å². The molecule has 0 bridgehead atoms. The van der Waals surface area contributed by atoms with Crippen LogP contribution in [0.5, 0.6) is 0 Å². The van der Waals surface area contributed by atoms with Gasteiger partial charge in [-0.2, -0.15) is 0 Å². The first-order valence-corrected chi connectivity index (χ1v) is 7.64. The van der Waals surface area contributed by atoms with E-state index in [4.69, 9.17) is 5.73 Å². The summed E-state index contributed by atoms with van der Waals surface area (Å²) in [5, 5.41) is 6.47. The maximum atomic E-state index is 12.0. The van der Waals surface area contributed by atoms with Crippen molar-refractivity contribution in [3.8, 4) is 0 Å². The molecule has 0 spiro atoms. The van der Waals surface area contributed by atoms with Gasteiger partial charge in [-0.1, -0.05) is 0 Å². The number of likely N-dealkylation sites (tertiary alicyclic amines) is 1. The molecule has 2 heterocycles. The molecule has 0 aromatic heterocycles. The fourth-order valence-electron chi connectivity index (χ4n) is 3.10. The zero-order valence-corrected chi connectivity index (χ0v) is 12.1. The number of primary amides is 1. The molecule has 4 N–H and O–H groups in total. The van der Waals surface area contributed by atoms with Crippen LogP contribution < -0.4 is 16.4 Å². The Morgan fingerprint density at radius 1 is 1.25 bits per heavy atom. The standard InChI is InChI=1S/C14H26N4O2/c15-13(19)10-18-6-3-12(4-7-18)17-14(20)8-11-2-1-5-16-9-11/h11-12,16H,1-10H2,(H2,15,19)(H,17,20). The molecule has 2 aliphatic heterocycles. The summed E-state index contributed by atoms with van der Waals surface area (Å²) in [6.45, 7) is 4.03. The fourth-order valence-corrected chi connectivity index (χ4v) is 3.10. The number of rotatable bonds is 5. The molecule has 114 valence electrons. The Morgan fingerprint density at radius 3 is 2.60 bits per heavy atom. The molecule has 2 amide bonds. The monoisotopic (exact) mass is 282 g/mol. The second-order valence-corrected chi connectivity index (χ2v) is 6.00. The van der Waals surface area contributed by atoms with E-state index in [1.165, 1.54) is 6.42 Å². The van der Waals surface area contributed by atoms with Crippen LogP contribution in [-0.2, 0) is 9.59 Å². The molecule has 0 saturated carbocycles. The predicted molar refractivity (Wildman–Crippen MR) is 77.0 cm³/mol. The summed E-state index contributed by atoms with van der Waals surface area (Å²) in [7, 11) is 0. The Labute approximate surface area is 120 Å². The van der Waals surface area contributed by atoms with Crippen LogP contribution in [0.25, 0.3) is 0 Å². The summed E-state index contributed by atoms with van der Waals surface area (Å²) in [6, 6.07) is 0.253. The van der Waals surface area contributed by atoms with Crippen LogP contribution in [0.4, 0.5) is 0 Å². The lowest BCUT2D eigenvalue weighted by Crippen LogP contribution is -2.47.